The molecule has 1 unspecified atom stereocenters. The number of aromatic nitrogens is 1. The summed E-state index contributed by atoms with van der Waals surface area (Å²) in [5.74, 6) is 0.590. The highest BCUT2D eigenvalue weighted by molar-refractivity contribution is 5.94. The minimum absolute atomic E-state index is 0.00981. The summed E-state index contributed by atoms with van der Waals surface area (Å²) >= 11 is 0. The first-order valence-corrected chi connectivity index (χ1v) is 5.15. The van der Waals surface area contributed by atoms with E-state index in [1.807, 2.05) is 4.90 Å². The smallest absolute Gasteiger partial charge is 0.255 e. The van der Waals surface area contributed by atoms with Crippen molar-refractivity contribution in [3.05, 3.63) is 34.2 Å². The lowest BCUT2D eigenvalue weighted by molar-refractivity contribution is 0.0787. The minimum Gasteiger partial charge on any atom is -0.338 e. The van der Waals surface area contributed by atoms with Crippen LogP contribution < -0.4 is 5.56 Å². The van der Waals surface area contributed by atoms with Crippen molar-refractivity contribution in [3.8, 4) is 0 Å². The zero-order chi connectivity index (χ0) is 10.8. The van der Waals surface area contributed by atoms with Gasteiger partial charge in [0.2, 0.25) is 5.56 Å². The number of carbonyl (C=O) groups is 1. The Labute approximate surface area is 87.9 Å². The maximum absolute atomic E-state index is 11.9. The molecule has 1 atom stereocenters. The number of hydrogen-bond donors (Lipinski definition) is 1. The molecule has 0 aliphatic carbocycles. The fourth-order valence-corrected chi connectivity index (χ4v) is 1.85. The third-order valence-corrected chi connectivity index (χ3v) is 2.74. The van der Waals surface area contributed by atoms with Crippen molar-refractivity contribution in [2.24, 2.45) is 5.92 Å². The Morgan fingerprint density at radius 2 is 2.33 bits per heavy atom. The Kier molecular flexibility index (Phi) is 2.58. The molecule has 1 aliphatic heterocycles. The lowest BCUT2D eigenvalue weighted by Crippen LogP contribution is -2.28. The van der Waals surface area contributed by atoms with Crippen LogP contribution in [0.4, 0.5) is 0 Å². The second-order valence-electron chi connectivity index (χ2n) is 4.09. The SMILES string of the molecule is CC1CCN(C(=O)c2ccc(=O)[nH]c2)C1. The van der Waals surface area contributed by atoms with Gasteiger partial charge in [0.05, 0.1) is 5.56 Å². The van der Waals surface area contributed by atoms with Gasteiger partial charge in [0.25, 0.3) is 5.91 Å². The molecule has 2 rings (SSSR count). The van der Waals surface area contributed by atoms with Crippen molar-refractivity contribution in [2.45, 2.75) is 13.3 Å². The number of nitrogens with one attached hydrogen (secondary N) is 1. The maximum Gasteiger partial charge on any atom is 0.255 e. The molecule has 4 nitrogen and oxygen atoms in total. The minimum atomic E-state index is -0.179. The van der Waals surface area contributed by atoms with Crippen LogP contribution in [0.5, 0.6) is 0 Å². The molecule has 4 heteroatoms. The topological polar surface area (TPSA) is 53.2 Å². The van der Waals surface area contributed by atoms with Gasteiger partial charge in [-0.05, 0) is 18.4 Å². The van der Waals surface area contributed by atoms with E-state index in [4.69, 9.17) is 0 Å². The molecular formula is C11H14N2O2. The van der Waals surface area contributed by atoms with Gasteiger partial charge in [-0.2, -0.15) is 0 Å². The van der Waals surface area contributed by atoms with E-state index in [9.17, 15) is 9.59 Å². The molecule has 2 heterocycles. The molecule has 1 aromatic heterocycles. The Bertz CT molecular complexity index is 404. The van der Waals surface area contributed by atoms with Crippen LogP contribution in [0.3, 0.4) is 0 Å². The summed E-state index contributed by atoms with van der Waals surface area (Å²) in [7, 11) is 0. The third kappa shape index (κ3) is 2.09. The highest BCUT2D eigenvalue weighted by Gasteiger charge is 2.23. The summed E-state index contributed by atoms with van der Waals surface area (Å²) in [6.07, 6.45) is 2.54. The van der Waals surface area contributed by atoms with Gasteiger partial charge in [-0.15, -0.1) is 0 Å². The number of rotatable bonds is 1. The van der Waals surface area contributed by atoms with Crippen molar-refractivity contribution in [1.82, 2.24) is 9.88 Å². The molecule has 0 aromatic carbocycles. The summed E-state index contributed by atoms with van der Waals surface area (Å²) in [5.41, 5.74) is 0.380. The molecule has 1 fully saturated rings. The van der Waals surface area contributed by atoms with Crippen LogP contribution in [0, 0.1) is 5.92 Å². The molecule has 0 spiro atoms. The second-order valence-corrected chi connectivity index (χ2v) is 4.09. The number of nitrogens with zero attached hydrogens (tertiary/aromatic N) is 1. The van der Waals surface area contributed by atoms with Crippen molar-refractivity contribution in [3.63, 3.8) is 0 Å². The number of hydrogen-bond acceptors (Lipinski definition) is 2. The molecule has 0 saturated carbocycles. The van der Waals surface area contributed by atoms with E-state index in [2.05, 4.69) is 11.9 Å². The molecule has 1 aliphatic rings. The molecule has 1 amide bonds. The molecule has 15 heavy (non-hydrogen) atoms. The number of likely N-dealkylation sites (tertiary alicyclic amines) is 1. The normalized spacial score (nSPS) is 20.6. The maximum atomic E-state index is 11.9. The van der Waals surface area contributed by atoms with Gasteiger partial charge >= 0.3 is 0 Å². The predicted octanol–water partition coefficient (Wildman–Crippen LogP) is 0.857. The van der Waals surface area contributed by atoms with E-state index in [0.29, 0.717) is 11.5 Å². The lowest BCUT2D eigenvalue weighted by Gasteiger charge is -2.15. The van der Waals surface area contributed by atoms with Gasteiger partial charge in [-0.3, -0.25) is 9.59 Å². The highest BCUT2D eigenvalue weighted by Crippen LogP contribution is 2.17. The Morgan fingerprint density at radius 3 is 2.87 bits per heavy atom. The summed E-state index contributed by atoms with van der Waals surface area (Å²) < 4.78 is 0. The van der Waals surface area contributed by atoms with Gasteiger partial charge in [0, 0.05) is 25.4 Å². The Morgan fingerprint density at radius 1 is 1.53 bits per heavy atom. The second kappa shape index (κ2) is 3.88. The van der Waals surface area contributed by atoms with Gasteiger partial charge in [0.1, 0.15) is 0 Å². The molecule has 80 valence electrons. The number of H-pyrrole nitrogens is 1. The molecule has 0 radical (unpaired) electrons. The Hall–Kier alpha value is -1.58. The monoisotopic (exact) mass is 206 g/mol. The van der Waals surface area contributed by atoms with Crippen LogP contribution in [0.25, 0.3) is 0 Å². The van der Waals surface area contributed by atoms with Gasteiger partial charge < -0.3 is 9.88 Å². The van der Waals surface area contributed by atoms with Crippen molar-refractivity contribution >= 4 is 5.91 Å². The molecule has 0 bridgehead atoms. The fourth-order valence-electron chi connectivity index (χ4n) is 1.85. The highest BCUT2D eigenvalue weighted by atomic mass is 16.2. The summed E-state index contributed by atoms with van der Waals surface area (Å²) in [6.45, 7) is 3.78. The van der Waals surface area contributed by atoms with E-state index in [1.165, 1.54) is 12.3 Å². The van der Waals surface area contributed by atoms with Crippen LogP contribution in [0.15, 0.2) is 23.1 Å². The average Bonchev–Trinajstić information content (AvgIpc) is 2.65. The number of aromatic amines is 1. The van der Waals surface area contributed by atoms with Crippen molar-refractivity contribution in [2.75, 3.05) is 13.1 Å². The van der Waals surface area contributed by atoms with Gasteiger partial charge in [0.15, 0.2) is 0 Å². The number of amides is 1. The fraction of sp³-hybridized carbons (Fsp3) is 0.455. The summed E-state index contributed by atoms with van der Waals surface area (Å²) in [5, 5.41) is 0. The molecule has 1 N–H and O–H groups in total. The van der Waals surface area contributed by atoms with E-state index in [-0.39, 0.29) is 11.5 Å². The van der Waals surface area contributed by atoms with E-state index < -0.39 is 0 Å². The van der Waals surface area contributed by atoms with Crippen LogP contribution in [-0.2, 0) is 0 Å². The first kappa shape index (κ1) is 9.96. The van der Waals surface area contributed by atoms with Crippen LogP contribution in [0.1, 0.15) is 23.7 Å². The standard InChI is InChI=1S/C11H14N2O2/c1-8-4-5-13(7-8)11(15)9-2-3-10(14)12-6-9/h2-3,6,8H,4-5,7H2,1H3,(H,12,14). The third-order valence-electron chi connectivity index (χ3n) is 2.74. The molecular weight excluding hydrogens is 192 g/mol. The lowest BCUT2D eigenvalue weighted by atomic mass is 10.2. The number of pyridine rings is 1. The van der Waals surface area contributed by atoms with Crippen LogP contribution >= 0.6 is 0 Å². The first-order chi connectivity index (χ1) is 7.16. The molecule has 1 aromatic rings. The zero-order valence-corrected chi connectivity index (χ0v) is 8.69. The van der Waals surface area contributed by atoms with E-state index in [0.717, 1.165) is 19.5 Å². The largest absolute Gasteiger partial charge is 0.338 e. The van der Waals surface area contributed by atoms with Crippen molar-refractivity contribution < 1.29 is 4.79 Å². The van der Waals surface area contributed by atoms with Crippen LogP contribution in [0.2, 0.25) is 0 Å². The van der Waals surface area contributed by atoms with Gasteiger partial charge in [-0.25, -0.2) is 0 Å². The quantitative estimate of drug-likeness (QED) is 0.740. The first-order valence-electron chi connectivity index (χ1n) is 5.15. The Balaban J connectivity index is 2.14. The van der Waals surface area contributed by atoms with Crippen molar-refractivity contribution in [1.29, 1.82) is 0 Å². The van der Waals surface area contributed by atoms with E-state index in [1.54, 1.807) is 6.07 Å². The zero-order valence-electron chi connectivity index (χ0n) is 8.69. The summed E-state index contributed by atoms with van der Waals surface area (Å²) in [4.78, 5) is 27.1. The predicted molar refractivity (Wildman–Crippen MR) is 56.7 cm³/mol. The van der Waals surface area contributed by atoms with Gasteiger partial charge in [-0.1, -0.05) is 6.92 Å². The average molecular weight is 206 g/mol. The number of carbonyl (C=O) groups excluding carboxylic acids is 1. The molecule has 1 saturated heterocycles. The summed E-state index contributed by atoms with van der Waals surface area (Å²) in [6, 6.07) is 2.96. The van der Waals surface area contributed by atoms with Crippen LogP contribution in [-0.4, -0.2) is 28.9 Å². The van der Waals surface area contributed by atoms with E-state index >= 15 is 0 Å².